The summed E-state index contributed by atoms with van der Waals surface area (Å²) in [6, 6.07) is 22.7. The summed E-state index contributed by atoms with van der Waals surface area (Å²) in [5.74, 6) is 0.200. The molecule has 0 saturated heterocycles. The lowest BCUT2D eigenvalue weighted by Gasteiger charge is -2.30. The number of carbonyl (C=O) groups excluding carboxylic acids is 1. The fourth-order valence-electron chi connectivity index (χ4n) is 3.70. The summed E-state index contributed by atoms with van der Waals surface area (Å²) in [5, 5.41) is 3.07. The average Bonchev–Trinajstić information content (AvgIpc) is 2.78. The predicted molar refractivity (Wildman–Crippen MR) is 127 cm³/mol. The molecule has 1 N–H and O–H groups in total. The second kappa shape index (κ2) is 9.87. The van der Waals surface area contributed by atoms with Crippen LogP contribution in [0.15, 0.2) is 78.9 Å². The molecule has 0 aromatic heterocycles. The standard InChI is InChI=1S/C25H28N2O4S/c1-18-10-8-9-13-23(18)24(20-11-6-5-7-12-20)26-25(28)19(2)27(32(4,29)30)21-14-16-22(31-3)17-15-21/h5-17,19,24H,1-4H3,(H,26,28)/t19-,24-/m0/s1. The van der Waals surface area contributed by atoms with Crippen LogP contribution in [0.5, 0.6) is 5.75 Å². The van der Waals surface area contributed by atoms with Crippen molar-refractivity contribution in [1.82, 2.24) is 5.32 Å². The zero-order chi connectivity index (χ0) is 23.3. The minimum atomic E-state index is -3.72. The van der Waals surface area contributed by atoms with E-state index >= 15 is 0 Å². The maximum Gasteiger partial charge on any atom is 0.244 e. The van der Waals surface area contributed by atoms with Crippen molar-refractivity contribution in [2.75, 3.05) is 17.7 Å². The van der Waals surface area contributed by atoms with Crippen LogP contribution < -0.4 is 14.4 Å². The number of aryl methyl sites for hydroxylation is 1. The van der Waals surface area contributed by atoms with E-state index in [0.717, 1.165) is 27.3 Å². The number of rotatable bonds is 8. The van der Waals surface area contributed by atoms with Gasteiger partial charge in [-0.15, -0.1) is 0 Å². The molecule has 168 valence electrons. The molecule has 3 rings (SSSR count). The monoisotopic (exact) mass is 452 g/mol. The molecule has 0 aliphatic carbocycles. The van der Waals surface area contributed by atoms with Crippen LogP contribution in [-0.2, 0) is 14.8 Å². The van der Waals surface area contributed by atoms with Crippen molar-refractivity contribution in [3.8, 4) is 5.75 Å². The molecule has 3 aromatic rings. The Bertz CT molecular complexity index is 1160. The number of benzene rings is 3. The maximum atomic E-state index is 13.4. The van der Waals surface area contributed by atoms with Gasteiger partial charge in [0, 0.05) is 0 Å². The number of amides is 1. The highest BCUT2D eigenvalue weighted by Crippen LogP contribution is 2.27. The third-order valence-electron chi connectivity index (χ3n) is 5.33. The predicted octanol–water partition coefficient (Wildman–Crippen LogP) is 4.06. The Balaban J connectivity index is 1.95. The zero-order valence-corrected chi connectivity index (χ0v) is 19.5. The van der Waals surface area contributed by atoms with Crippen LogP contribution in [0.4, 0.5) is 5.69 Å². The van der Waals surface area contributed by atoms with Crippen molar-refractivity contribution in [1.29, 1.82) is 0 Å². The summed E-state index contributed by atoms with van der Waals surface area (Å²) in [6.07, 6.45) is 1.09. The van der Waals surface area contributed by atoms with Gasteiger partial charge >= 0.3 is 0 Å². The molecule has 0 unspecified atom stereocenters. The molecule has 0 saturated carbocycles. The van der Waals surface area contributed by atoms with Gasteiger partial charge in [0.2, 0.25) is 15.9 Å². The third kappa shape index (κ3) is 5.29. The summed E-state index contributed by atoms with van der Waals surface area (Å²) in [6.45, 7) is 3.57. The van der Waals surface area contributed by atoms with E-state index in [9.17, 15) is 13.2 Å². The number of carbonyl (C=O) groups is 1. The molecule has 0 aliphatic heterocycles. The topological polar surface area (TPSA) is 75.7 Å². The molecular formula is C25H28N2O4S. The van der Waals surface area contributed by atoms with Crippen LogP contribution in [0.1, 0.15) is 29.7 Å². The first-order valence-corrected chi connectivity index (χ1v) is 12.1. The van der Waals surface area contributed by atoms with E-state index in [0.29, 0.717) is 11.4 Å². The van der Waals surface area contributed by atoms with Crippen LogP contribution in [-0.4, -0.2) is 33.7 Å². The number of nitrogens with one attached hydrogen (secondary N) is 1. The highest BCUT2D eigenvalue weighted by molar-refractivity contribution is 7.92. The van der Waals surface area contributed by atoms with Gasteiger partial charge in [0.25, 0.3) is 0 Å². The summed E-state index contributed by atoms with van der Waals surface area (Å²) >= 11 is 0. The first-order chi connectivity index (χ1) is 15.2. The summed E-state index contributed by atoms with van der Waals surface area (Å²) in [4.78, 5) is 13.4. The van der Waals surface area contributed by atoms with Crippen LogP contribution in [0.2, 0.25) is 0 Å². The molecule has 0 radical (unpaired) electrons. The normalized spacial score (nSPS) is 13.1. The zero-order valence-electron chi connectivity index (χ0n) is 18.6. The van der Waals surface area contributed by atoms with Gasteiger partial charge < -0.3 is 10.1 Å². The summed E-state index contributed by atoms with van der Waals surface area (Å²) in [7, 11) is -2.19. The Hall–Kier alpha value is -3.32. The second-order valence-electron chi connectivity index (χ2n) is 7.64. The smallest absolute Gasteiger partial charge is 0.244 e. The van der Waals surface area contributed by atoms with Crippen LogP contribution in [0.25, 0.3) is 0 Å². The number of hydrogen-bond acceptors (Lipinski definition) is 4. The van der Waals surface area contributed by atoms with E-state index in [2.05, 4.69) is 5.32 Å². The highest BCUT2D eigenvalue weighted by atomic mass is 32.2. The maximum absolute atomic E-state index is 13.4. The Morgan fingerprint density at radius 1 is 0.938 bits per heavy atom. The van der Waals surface area contributed by atoms with Gasteiger partial charge in [-0.3, -0.25) is 9.10 Å². The van der Waals surface area contributed by atoms with E-state index in [1.54, 1.807) is 31.2 Å². The molecule has 0 spiro atoms. The van der Waals surface area contributed by atoms with Gasteiger partial charge in [0.1, 0.15) is 11.8 Å². The van der Waals surface area contributed by atoms with Gasteiger partial charge in [-0.2, -0.15) is 0 Å². The molecule has 0 bridgehead atoms. The number of sulfonamides is 1. The van der Waals surface area contributed by atoms with Crippen molar-refractivity contribution in [2.45, 2.75) is 25.9 Å². The largest absolute Gasteiger partial charge is 0.497 e. The molecule has 0 aliphatic rings. The molecular weight excluding hydrogens is 424 g/mol. The lowest BCUT2D eigenvalue weighted by atomic mass is 9.94. The van der Waals surface area contributed by atoms with Crippen LogP contribution >= 0.6 is 0 Å². The van der Waals surface area contributed by atoms with Crippen molar-refractivity contribution < 1.29 is 17.9 Å². The fraction of sp³-hybridized carbons (Fsp3) is 0.240. The fourth-order valence-corrected chi connectivity index (χ4v) is 4.87. The Morgan fingerprint density at radius 2 is 1.53 bits per heavy atom. The first-order valence-electron chi connectivity index (χ1n) is 10.3. The molecule has 0 heterocycles. The lowest BCUT2D eigenvalue weighted by molar-refractivity contribution is -0.122. The molecule has 2 atom stereocenters. The van der Waals surface area contributed by atoms with Gasteiger partial charge in [-0.05, 0) is 54.8 Å². The van der Waals surface area contributed by atoms with E-state index in [-0.39, 0.29) is 0 Å². The number of nitrogens with zero attached hydrogens (tertiary/aromatic N) is 1. The van der Waals surface area contributed by atoms with E-state index in [4.69, 9.17) is 4.74 Å². The number of methoxy groups -OCH3 is 1. The second-order valence-corrected chi connectivity index (χ2v) is 9.50. The number of anilines is 1. The van der Waals surface area contributed by atoms with Gasteiger partial charge in [0.05, 0.1) is 25.1 Å². The Labute approximate surface area is 189 Å². The summed E-state index contributed by atoms with van der Waals surface area (Å²) < 4.78 is 31.5. The molecule has 6 nitrogen and oxygen atoms in total. The van der Waals surface area contributed by atoms with Crippen molar-refractivity contribution in [3.63, 3.8) is 0 Å². The van der Waals surface area contributed by atoms with Gasteiger partial charge in [-0.1, -0.05) is 54.6 Å². The van der Waals surface area contributed by atoms with E-state index < -0.39 is 28.0 Å². The van der Waals surface area contributed by atoms with Crippen molar-refractivity contribution >= 4 is 21.6 Å². The molecule has 1 amide bonds. The Kier molecular flexibility index (Phi) is 7.20. The highest BCUT2D eigenvalue weighted by Gasteiger charge is 2.31. The lowest BCUT2D eigenvalue weighted by Crippen LogP contribution is -2.48. The molecule has 0 fully saturated rings. The van der Waals surface area contributed by atoms with Gasteiger partial charge in [0.15, 0.2) is 0 Å². The molecule has 3 aromatic carbocycles. The first kappa shape index (κ1) is 23.3. The number of hydrogen-bond donors (Lipinski definition) is 1. The molecule has 7 heteroatoms. The average molecular weight is 453 g/mol. The van der Waals surface area contributed by atoms with Crippen molar-refractivity contribution in [3.05, 3.63) is 95.6 Å². The Morgan fingerprint density at radius 3 is 2.09 bits per heavy atom. The summed E-state index contributed by atoms with van der Waals surface area (Å²) in [5.41, 5.74) is 3.29. The van der Waals surface area contributed by atoms with E-state index in [1.165, 1.54) is 7.11 Å². The third-order valence-corrected chi connectivity index (χ3v) is 6.58. The van der Waals surface area contributed by atoms with Crippen LogP contribution in [0, 0.1) is 6.92 Å². The minimum Gasteiger partial charge on any atom is -0.497 e. The quantitative estimate of drug-likeness (QED) is 0.559. The van der Waals surface area contributed by atoms with Crippen molar-refractivity contribution in [2.24, 2.45) is 0 Å². The SMILES string of the molecule is COc1ccc(N([C@@H](C)C(=O)N[C@@H](c2ccccc2)c2ccccc2C)S(C)(=O)=O)cc1. The van der Waals surface area contributed by atoms with E-state index in [1.807, 2.05) is 61.5 Å². The number of ether oxygens (including phenoxy) is 1. The molecule has 32 heavy (non-hydrogen) atoms. The minimum absolute atomic E-state index is 0.392. The van der Waals surface area contributed by atoms with Crippen LogP contribution in [0.3, 0.4) is 0 Å². The van der Waals surface area contributed by atoms with Gasteiger partial charge in [-0.25, -0.2) is 8.42 Å².